The lowest BCUT2D eigenvalue weighted by Crippen LogP contribution is -2.44. The molecular weight excluding hydrogens is 899 g/mol. The molecule has 0 N–H and O–H groups in total. The number of likely N-dealkylation sites (N-methyl/N-ethyl adjacent to an activating group) is 1. The number of ether oxygens (including phenoxy) is 4. The molecule has 2 atom stereocenters. The average molecular weight is 1010 g/mol. The highest BCUT2D eigenvalue weighted by Crippen LogP contribution is 2.16. The number of hydrogen-bond acceptors (Lipinski definition) is 8. The Hall–Kier alpha value is -2.75. The van der Waals surface area contributed by atoms with Gasteiger partial charge in [0.2, 0.25) is 0 Å². The lowest BCUT2D eigenvalue weighted by molar-refractivity contribution is -0.870. The quantitative estimate of drug-likeness (QED) is 0.0195. The van der Waals surface area contributed by atoms with Crippen molar-refractivity contribution in [3.63, 3.8) is 0 Å². The summed E-state index contributed by atoms with van der Waals surface area (Å²) in [5.41, 5.74) is 0. The highest BCUT2D eigenvalue weighted by atomic mass is 16.7. The molecule has 420 valence electrons. The number of unbranched alkanes of at least 4 members (excludes halogenated alkanes) is 33. The van der Waals surface area contributed by atoms with E-state index in [-0.39, 0.29) is 38.6 Å². The van der Waals surface area contributed by atoms with Crippen molar-refractivity contribution in [3.05, 3.63) is 48.6 Å². The van der Waals surface area contributed by atoms with Crippen LogP contribution < -0.4 is 5.11 Å². The van der Waals surface area contributed by atoms with Gasteiger partial charge in [-0.25, -0.2) is 0 Å². The van der Waals surface area contributed by atoms with Crippen molar-refractivity contribution in [2.75, 3.05) is 47.5 Å². The van der Waals surface area contributed by atoms with Gasteiger partial charge in [-0.1, -0.05) is 236 Å². The van der Waals surface area contributed by atoms with Crippen LogP contribution in [0.25, 0.3) is 0 Å². The van der Waals surface area contributed by atoms with Crippen LogP contribution in [0.5, 0.6) is 0 Å². The number of hydrogen-bond donors (Lipinski definition) is 0. The minimum atomic E-state index is -1.62. The molecule has 9 heteroatoms. The molecule has 0 aromatic carbocycles. The Balaban J connectivity index is 4.18. The Labute approximate surface area is 444 Å². The van der Waals surface area contributed by atoms with Gasteiger partial charge in [-0.15, -0.1) is 0 Å². The number of carbonyl (C=O) groups is 3. The topological polar surface area (TPSA) is 111 Å². The summed E-state index contributed by atoms with van der Waals surface area (Å²) in [6.45, 7) is 4.76. The molecule has 2 unspecified atom stereocenters. The van der Waals surface area contributed by atoms with Gasteiger partial charge < -0.3 is 33.3 Å². The molecule has 0 aromatic heterocycles. The van der Waals surface area contributed by atoms with Crippen molar-refractivity contribution in [3.8, 4) is 0 Å². The molecular formula is C63H115NO8. The van der Waals surface area contributed by atoms with E-state index >= 15 is 0 Å². The lowest BCUT2D eigenvalue weighted by Gasteiger charge is -2.26. The maximum absolute atomic E-state index is 12.9. The van der Waals surface area contributed by atoms with Crippen LogP contribution in [0.3, 0.4) is 0 Å². The Morgan fingerprint density at radius 2 is 0.750 bits per heavy atom. The molecule has 0 amide bonds. The summed E-state index contributed by atoms with van der Waals surface area (Å²) >= 11 is 0. The molecule has 72 heavy (non-hydrogen) atoms. The highest BCUT2D eigenvalue weighted by molar-refractivity contribution is 5.70. The maximum Gasteiger partial charge on any atom is 0.306 e. The third-order valence-electron chi connectivity index (χ3n) is 13.3. The van der Waals surface area contributed by atoms with Crippen LogP contribution in [0.1, 0.15) is 277 Å². The zero-order valence-corrected chi connectivity index (χ0v) is 47.8. The third-order valence-corrected chi connectivity index (χ3v) is 13.3. The van der Waals surface area contributed by atoms with Gasteiger partial charge >= 0.3 is 11.9 Å². The standard InChI is InChI=1S/C63H115NO8/c1-6-8-10-12-14-16-18-20-22-24-26-27-28-29-30-31-32-33-34-35-36-38-40-42-44-46-48-50-52-54-61(66)72-59(58-71-63(62(67)68)69-56-55-64(3,4)5)57-70-60(65)53-51-49-47-45-43-41-39-37-25-23-21-19-17-15-13-11-9-7-2/h18,20,23-26,28-29,59,63H,6-17,19,21-22,27,30-58H2,1-5H3/b20-18-,25-23-,26-24-,29-28-. The SMILES string of the molecule is CCCCCCC/C=C\C/C=C\C/C=C\CCCCCCCCCCCCCCCCC(=O)OC(COC(=O)CCCCCCCCC/C=C\CCCCCCCCC)COC(OCC[N+](C)(C)C)C(=O)[O-]. The van der Waals surface area contributed by atoms with Crippen molar-refractivity contribution >= 4 is 17.9 Å². The van der Waals surface area contributed by atoms with Crippen molar-refractivity contribution < 1.29 is 42.9 Å². The van der Waals surface area contributed by atoms with Gasteiger partial charge in [0.05, 0.1) is 40.3 Å². The van der Waals surface area contributed by atoms with Crippen molar-refractivity contribution in [1.29, 1.82) is 0 Å². The third kappa shape index (κ3) is 55.0. The van der Waals surface area contributed by atoms with Crippen LogP contribution in [0.4, 0.5) is 0 Å². The molecule has 0 aliphatic rings. The largest absolute Gasteiger partial charge is 0.545 e. The Morgan fingerprint density at radius 3 is 1.12 bits per heavy atom. The van der Waals surface area contributed by atoms with E-state index < -0.39 is 24.3 Å². The molecule has 0 aliphatic carbocycles. The molecule has 0 saturated heterocycles. The summed E-state index contributed by atoms with van der Waals surface area (Å²) in [6, 6.07) is 0. The maximum atomic E-state index is 12.9. The lowest BCUT2D eigenvalue weighted by atomic mass is 10.0. The van der Waals surface area contributed by atoms with Gasteiger partial charge in [0.25, 0.3) is 0 Å². The van der Waals surface area contributed by atoms with Gasteiger partial charge in [0.1, 0.15) is 13.2 Å². The van der Waals surface area contributed by atoms with Crippen molar-refractivity contribution in [1.82, 2.24) is 0 Å². The summed E-state index contributed by atoms with van der Waals surface area (Å²) in [4.78, 5) is 37.3. The molecule has 0 aliphatic heterocycles. The van der Waals surface area contributed by atoms with E-state index in [9.17, 15) is 19.5 Å². The van der Waals surface area contributed by atoms with Gasteiger partial charge in [-0.05, 0) is 77.0 Å². The Bertz CT molecular complexity index is 1320. The molecule has 0 heterocycles. The molecule has 0 rings (SSSR count). The van der Waals surface area contributed by atoms with E-state index in [2.05, 4.69) is 62.5 Å². The Kier molecular flexibility index (Phi) is 52.4. The number of carbonyl (C=O) groups excluding carboxylic acids is 3. The van der Waals surface area contributed by atoms with Crippen LogP contribution in [-0.4, -0.2) is 82.3 Å². The van der Waals surface area contributed by atoms with Crippen LogP contribution >= 0.6 is 0 Å². The predicted molar refractivity (Wildman–Crippen MR) is 302 cm³/mol. The fourth-order valence-corrected chi connectivity index (χ4v) is 8.60. The van der Waals surface area contributed by atoms with Gasteiger partial charge in [0, 0.05) is 12.8 Å². The second-order valence-electron chi connectivity index (χ2n) is 21.6. The zero-order chi connectivity index (χ0) is 52.7. The first kappa shape index (κ1) is 69.2. The number of carboxylic acid groups (broad SMARTS) is 1. The first-order valence-electron chi connectivity index (χ1n) is 30.3. The average Bonchev–Trinajstić information content (AvgIpc) is 3.35. The fourth-order valence-electron chi connectivity index (χ4n) is 8.60. The second kappa shape index (κ2) is 54.5. The monoisotopic (exact) mass is 1010 g/mol. The molecule has 0 aromatic rings. The normalized spacial score (nSPS) is 13.1. The van der Waals surface area contributed by atoms with E-state index in [1.807, 2.05) is 21.1 Å². The van der Waals surface area contributed by atoms with Gasteiger partial charge in [-0.2, -0.15) is 0 Å². The van der Waals surface area contributed by atoms with Crippen molar-refractivity contribution in [2.24, 2.45) is 0 Å². The minimum absolute atomic E-state index is 0.147. The van der Waals surface area contributed by atoms with E-state index in [1.54, 1.807) is 0 Å². The molecule has 0 radical (unpaired) electrons. The first-order valence-corrected chi connectivity index (χ1v) is 30.3. The fraction of sp³-hybridized carbons (Fsp3) is 0.825. The molecule has 0 saturated carbocycles. The van der Waals surface area contributed by atoms with Crippen LogP contribution in [0.15, 0.2) is 48.6 Å². The molecule has 0 bridgehead atoms. The number of aliphatic carboxylic acids is 1. The van der Waals surface area contributed by atoms with E-state index in [0.29, 0.717) is 17.4 Å². The predicted octanol–water partition coefficient (Wildman–Crippen LogP) is 16.5. The summed E-state index contributed by atoms with van der Waals surface area (Å²) < 4.78 is 22.7. The molecule has 0 fully saturated rings. The second-order valence-corrected chi connectivity index (χ2v) is 21.6. The summed E-state index contributed by atoms with van der Waals surface area (Å²) in [7, 11) is 5.93. The summed E-state index contributed by atoms with van der Waals surface area (Å²) in [5.74, 6) is -2.28. The number of allylic oxidation sites excluding steroid dienone is 8. The number of nitrogens with zero attached hydrogens (tertiary/aromatic N) is 1. The number of quaternary nitrogens is 1. The summed E-state index contributed by atoms with van der Waals surface area (Å²) in [5, 5.41) is 11.8. The smallest absolute Gasteiger partial charge is 0.306 e. The van der Waals surface area contributed by atoms with Crippen molar-refractivity contribution in [2.45, 2.75) is 289 Å². The van der Waals surface area contributed by atoms with Gasteiger partial charge in [-0.3, -0.25) is 9.59 Å². The summed E-state index contributed by atoms with van der Waals surface area (Å²) in [6.07, 6.45) is 64.5. The number of rotatable bonds is 56. The zero-order valence-electron chi connectivity index (χ0n) is 47.8. The number of carboxylic acids is 1. The van der Waals surface area contributed by atoms with Crippen LogP contribution in [0.2, 0.25) is 0 Å². The van der Waals surface area contributed by atoms with E-state index in [4.69, 9.17) is 18.9 Å². The van der Waals surface area contributed by atoms with E-state index in [0.717, 1.165) is 44.9 Å². The number of esters is 2. The van der Waals surface area contributed by atoms with Gasteiger partial charge in [0.15, 0.2) is 12.4 Å². The highest BCUT2D eigenvalue weighted by Gasteiger charge is 2.22. The molecule has 0 spiro atoms. The molecule has 9 nitrogen and oxygen atoms in total. The van der Waals surface area contributed by atoms with Crippen LogP contribution in [0, 0.1) is 0 Å². The first-order chi connectivity index (χ1) is 35.1. The van der Waals surface area contributed by atoms with E-state index in [1.165, 1.54) is 199 Å². The minimum Gasteiger partial charge on any atom is -0.545 e. The Morgan fingerprint density at radius 1 is 0.417 bits per heavy atom. The van der Waals surface area contributed by atoms with Crippen LogP contribution in [-0.2, 0) is 33.3 Å².